The van der Waals surface area contributed by atoms with Crippen LogP contribution in [0.15, 0.2) is 0 Å². The molecule has 0 radical (unpaired) electrons. The number of methoxy groups -OCH3 is 1. The number of ether oxygens (including phenoxy) is 1. The van der Waals surface area contributed by atoms with Crippen LogP contribution in [-0.2, 0) is 4.74 Å². The van der Waals surface area contributed by atoms with Gasteiger partial charge >= 0.3 is 0 Å². The number of hydrogen-bond donors (Lipinski definition) is 1. The molecule has 1 rings (SSSR count). The predicted molar refractivity (Wildman–Crippen MR) is 78.0 cm³/mol. The fourth-order valence-electron chi connectivity index (χ4n) is 2.40. The van der Waals surface area contributed by atoms with E-state index in [1.807, 2.05) is 0 Å². The monoisotopic (exact) mass is 256 g/mol. The molecular weight excluding hydrogens is 224 g/mol. The van der Waals surface area contributed by atoms with E-state index in [1.165, 1.54) is 25.9 Å². The van der Waals surface area contributed by atoms with E-state index >= 15 is 0 Å². The van der Waals surface area contributed by atoms with Crippen molar-refractivity contribution in [3.8, 4) is 0 Å². The summed E-state index contributed by atoms with van der Waals surface area (Å²) in [6.45, 7) is 15.6. The third kappa shape index (κ3) is 5.68. The molecular formula is C15H32N2O. The standard InChI is InChI=1S/C15H32N2O/c1-14(2,3)16-11-13(12-18-6)17-9-7-15(4,5)8-10-17/h13,16H,7-12H2,1-6H3. The largest absolute Gasteiger partial charge is 0.383 e. The predicted octanol–water partition coefficient (Wildman–Crippen LogP) is 2.51. The lowest BCUT2D eigenvalue weighted by Crippen LogP contribution is -2.52. The van der Waals surface area contributed by atoms with Crippen LogP contribution in [0.3, 0.4) is 0 Å². The second-order valence-electron chi connectivity index (χ2n) is 7.44. The van der Waals surface area contributed by atoms with Gasteiger partial charge in [0.1, 0.15) is 0 Å². The number of likely N-dealkylation sites (tertiary alicyclic amines) is 1. The number of nitrogens with zero attached hydrogens (tertiary/aromatic N) is 1. The highest BCUT2D eigenvalue weighted by Gasteiger charge is 2.29. The SMILES string of the molecule is COCC(CNC(C)(C)C)N1CCC(C)(C)CC1. The fourth-order valence-corrected chi connectivity index (χ4v) is 2.40. The summed E-state index contributed by atoms with van der Waals surface area (Å²) in [5.41, 5.74) is 0.701. The number of rotatable bonds is 5. The topological polar surface area (TPSA) is 24.5 Å². The van der Waals surface area contributed by atoms with Crippen LogP contribution in [0.5, 0.6) is 0 Å². The molecule has 3 heteroatoms. The lowest BCUT2D eigenvalue weighted by atomic mass is 9.82. The first-order valence-corrected chi connectivity index (χ1v) is 7.21. The van der Waals surface area contributed by atoms with Crippen LogP contribution in [0.2, 0.25) is 0 Å². The molecule has 0 saturated carbocycles. The Hall–Kier alpha value is -0.120. The van der Waals surface area contributed by atoms with Crippen molar-refractivity contribution >= 4 is 0 Å². The third-order valence-electron chi connectivity index (χ3n) is 3.90. The highest BCUT2D eigenvalue weighted by Crippen LogP contribution is 2.30. The van der Waals surface area contributed by atoms with Crippen LogP contribution >= 0.6 is 0 Å². The molecule has 1 atom stereocenters. The smallest absolute Gasteiger partial charge is 0.0630 e. The summed E-state index contributed by atoms with van der Waals surface area (Å²) in [6.07, 6.45) is 2.59. The highest BCUT2D eigenvalue weighted by molar-refractivity contribution is 4.85. The number of piperidine rings is 1. The zero-order chi connectivity index (χ0) is 13.8. The van der Waals surface area contributed by atoms with Gasteiger partial charge in [0.2, 0.25) is 0 Å². The fraction of sp³-hybridized carbons (Fsp3) is 1.00. The Balaban J connectivity index is 2.47. The van der Waals surface area contributed by atoms with E-state index in [0.29, 0.717) is 11.5 Å². The van der Waals surface area contributed by atoms with Crippen molar-refractivity contribution < 1.29 is 4.74 Å². The summed E-state index contributed by atoms with van der Waals surface area (Å²) in [6, 6.07) is 0.505. The summed E-state index contributed by atoms with van der Waals surface area (Å²) in [4.78, 5) is 2.59. The zero-order valence-corrected chi connectivity index (χ0v) is 13.2. The highest BCUT2D eigenvalue weighted by atomic mass is 16.5. The molecule has 3 nitrogen and oxygen atoms in total. The van der Waals surface area contributed by atoms with Crippen molar-refractivity contribution in [3.63, 3.8) is 0 Å². The Kier molecular flexibility index (Phi) is 5.63. The molecule has 0 aromatic rings. The molecule has 1 aliphatic heterocycles. The molecule has 0 aromatic carbocycles. The average molecular weight is 256 g/mol. The van der Waals surface area contributed by atoms with Gasteiger partial charge in [-0.15, -0.1) is 0 Å². The van der Waals surface area contributed by atoms with Gasteiger partial charge in [-0.25, -0.2) is 0 Å². The molecule has 18 heavy (non-hydrogen) atoms. The van der Waals surface area contributed by atoms with Crippen molar-refractivity contribution in [3.05, 3.63) is 0 Å². The van der Waals surface area contributed by atoms with Crippen molar-refractivity contribution in [2.24, 2.45) is 5.41 Å². The average Bonchev–Trinajstić information content (AvgIpc) is 2.23. The van der Waals surface area contributed by atoms with E-state index in [-0.39, 0.29) is 5.54 Å². The normalized spacial score (nSPS) is 23.0. The minimum Gasteiger partial charge on any atom is -0.383 e. The van der Waals surface area contributed by atoms with Crippen molar-refractivity contribution in [2.75, 3.05) is 33.4 Å². The lowest BCUT2D eigenvalue weighted by molar-refractivity contribution is 0.0442. The molecule has 1 fully saturated rings. The molecule has 1 aliphatic rings. The van der Waals surface area contributed by atoms with Gasteiger partial charge in [-0.05, 0) is 52.1 Å². The molecule has 1 saturated heterocycles. The summed E-state index contributed by atoms with van der Waals surface area (Å²) >= 11 is 0. The van der Waals surface area contributed by atoms with E-state index in [9.17, 15) is 0 Å². The van der Waals surface area contributed by atoms with Crippen LogP contribution in [0.1, 0.15) is 47.5 Å². The van der Waals surface area contributed by atoms with Gasteiger partial charge in [0.25, 0.3) is 0 Å². The first-order valence-electron chi connectivity index (χ1n) is 7.21. The maximum atomic E-state index is 5.39. The number of nitrogens with one attached hydrogen (secondary N) is 1. The summed E-state index contributed by atoms with van der Waals surface area (Å²) in [5, 5.41) is 3.60. The minimum absolute atomic E-state index is 0.182. The van der Waals surface area contributed by atoms with E-state index < -0.39 is 0 Å². The molecule has 108 valence electrons. The van der Waals surface area contributed by atoms with Gasteiger partial charge in [0.15, 0.2) is 0 Å². The first kappa shape index (κ1) is 15.9. The Bertz CT molecular complexity index is 235. The van der Waals surface area contributed by atoms with E-state index in [2.05, 4.69) is 44.8 Å². The zero-order valence-electron chi connectivity index (χ0n) is 13.2. The van der Waals surface area contributed by atoms with Gasteiger partial charge in [-0.2, -0.15) is 0 Å². The molecule has 0 aromatic heterocycles. The third-order valence-corrected chi connectivity index (χ3v) is 3.90. The molecule has 1 unspecified atom stereocenters. The van der Waals surface area contributed by atoms with Crippen molar-refractivity contribution in [2.45, 2.75) is 59.0 Å². The Morgan fingerprint density at radius 1 is 1.22 bits per heavy atom. The molecule has 1 N–H and O–H groups in total. The first-order chi connectivity index (χ1) is 8.23. The Morgan fingerprint density at radius 3 is 2.22 bits per heavy atom. The van der Waals surface area contributed by atoms with Crippen LogP contribution in [0, 0.1) is 5.41 Å². The number of hydrogen-bond acceptors (Lipinski definition) is 3. The molecule has 0 amide bonds. The van der Waals surface area contributed by atoms with Crippen LogP contribution in [-0.4, -0.2) is 49.8 Å². The minimum atomic E-state index is 0.182. The van der Waals surface area contributed by atoms with E-state index in [4.69, 9.17) is 4.74 Å². The van der Waals surface area contributed by atoms with Crippen molar-refractivity contribution in [1.29, 1.82) is 0 Å². The quantitative estimate of drug-likeness (QED) is 0.818. The summed E-state index contributed by atoms with van der Waals surface area (Å²) in [5.74, 6) is 0. The molecule has 0 aliphatic carbocycles. The summed E-state index contributed by atoms with van der Waals surface area (Å²) < 4.78 is 5.39. The van der Waals surface area contributed by atoms with E-state index in [0.717, 1.165) is 13.2 Å². The summed E-state index contributed by atoms with van der Waals surface area (Å²) in [7, 11) is 1.80. The van der Waals surface area contributed by atoms with Crippen LogP contribution in [0.4, 0.5) is 0 Å². The van der Waals surface area contributed by atoms with Gasteiger partial charge in [0, 0.05) is 25.2 Å². The van der Waals surface area contributed by atoms with Gasteiger partial charge in [0.05, 0.1) is 6.61 Å². The maximum absolute atomic E-state index is 5.39. The molecule has 0 spiro atoms. The second-order valence-corrected chi connectivity index (χ2v) is 7.44. The van der Waals surface area contributed by atoms with Crippen LogP contribution < -0.4 is 5.32 Å². The van der Waals surface area contributed by atoms with Gasteiger partial charge in [-0.1, -0.05) is 13.8 Å². The Morgan fingerprint density at radius 2 is 1.78 bits per heavy atom. The van der Waals surface area contributed by atoms with Crippen LogP contribution in [0.25, 0.3) is 0 Å². The second kappa shape index (κ2) is 6.36. The molecule has 1 heterocycles. The van der Waals surface area contributed by atoms with Crippen molar-refractivity contribution in [1.82, 2.24) is 10.2 Å². The van der Waals surface area contributed by atoms with E-state index in [1.54, 1.807) is 7.11 Å². The van der Waals surface area contributed by atoms with Gasteiger partial charge in [-0.3, -0.25) is 4.90 Å². The maximum Gasteiger partial charge on any atom is 0.0630 e. The Labute approximate surface area is 113 Å². The molecule has 0 bridgehead atoms. The lowest BCUT2D eigenvalue weighted by Gasteiger charge is -2.41. The van der Waals surface area contributed by atoms with Gasteiger partial charge < -0.3 is 10.1 Å².